The third-order valence-corrected chi connectivity index (χ3v) is 4.76. The molecule has 2 heterocycles. The number of carbonyl (C=O) groups is 1. The number of rotatable bonds is 2. The van der Waals surface area contributed by atoms with Gasteiger partial charge in [0.25, 0.3) is 0 Å². The minimum Gasteiger partial charge on any atom is -0.444 e. The molecule has 2 aromatic rings. The summed E-state index contributed by atoms with van der Waals surface area (Å²) in [5.74, 6) is 0. The van der Waals surface area contributed by atoms with Crippen molar-refractivity contribution < 1.29 is 9.53 Å². The summed E-state index contributed by atoms with van der Waals surface area (Å²) in [4.78, 5) is 14.4. The standard InChI is InChI=1S/C17H23BrN4O2/c1-17(2,3)24-16(23)21-10-5-4-7-12(21)11-22-15-13(18)8-6-9-14(15)19-20-22/h6,8-9,12H,4-5,7,10-11H2,1-3H3. The Labute approximate surface area is 150 Å². The van der Waals surface area contributed by atoms with E-state index in [1.807, 2.05) is 48.6 Å². The number of aromatic nitrogens is 3. The highest BCUT2D eigenvalue weighted by molar-refractivity contribution is 9.10. The molecule has 130 valence electrons. The maximum Gasteiger partial charge on any atom is 0.410 e. The molecule has 7 heteroatoms. The summed E-state index contributed by atoms with van der Waals surface area (Å²) in [5.41, 5.74) is 1.33. The Morgan fingerprint density at radius 2 is 2.17 bits per heavy atom. The van der Waals surface area contributed by atoms with E-state index in [0.717, 1.165) is 41.3 Å². The van der Waals surface area contributed by atoms with Crippen molar-refractivity contribution in [1.82, 2.24) is 19.9 Å². The van der Waals surface area contributed by atoms with Crippen LogP contribution in [0, 0.1) is 0 Å². The Hall–Kier alpha value is -1.63. The van der Waals surface area contributed by atoms with Gasteiger partial charge in [0.2, 0.25) is 0 Å². The molecule has 0 aliphatic carbocycles. The number of nitrogens with zero attached hydrogens (tertiary/aromatic N) is 4. The zero-order valence-electron chi connectivity index (χ0n) is 14.3. The van der Waals surface area contributed by atoms with E-state index in [2.05, 4.69) is 26.2 Å². The van der Waals surface area contributed by atoms with E-state index in [0.29, 0.717) is 6.54 Å². The van der Waals surface area contributed by atoms with Crippen LogP contribution in [-0.4, -0.2) is 44.2 Å². The summed E-state index contributed by atoms with van der Waals surface area (Å²) < 4.78 is 8.41. The van der Waals surface area contributed by atoms with E-state index in [1.165, 1.54) is 0 Å². The molecule has 1 aromatic heterocycles. The number of ether oxygens (including phenoxy) is 1. The van der Waals surface area contributed by atoms with Gasteiger partial charge in [0.05, 0.1) is 12.6 Å². The molecule has 1 atom stereocenters. The lowest BCUT2D eigenvalue weighted by Gasteiger charge is -2.36. The van der Waals surface area contributed by atoms with Crippen molar-refractivity contribution in [2.45, 2.75) is 58.2 Å². The second kappa shape index (κ2) is 6.70. The average Bonchev–Trinajstić information content (AvgIpc) is 2.90. The molecule has 1 unspecified atom stereocenters. The Bertz CT molecular complexity index is 738. The van der Waals surface area contributed by atoms with Crippen molar-refractivity contribution in [3.63, 3.8) is 0 Å². The first-order valence-electron chi connectivity index (χ1n) is 8.32. The largest absolute Gasteiger partial charge is 0.444 e. The second-order valence-corrected chi connectivity index (χ2v) is 8.06. The lowest BCUT2D eigenvalue weighted by Crippen LogP contribution is -2.48. The molecule has 0 bridgehead atoms. The second-order valence-electron chi connectivity index (χ2n) is 7.20. The van der Waals surface area contributed by atoms with Crippen molar-refractivity contribution >= 4 is 33.1 Å². The quantitative estimate of drug-likeness (QED) is 0.772. The number of hydrogen-bond donors (Lipinski definition) is 0. The number of carbonyl (C=O) groups excluding carboxylic acids is 1. The molecule has 3 rings (SSSR count). The van der Waals surface area contributed by atoms with Gasteiger partial charge in [-0.3, -0.25) is 0 Å². The summed E-state index contributed by atoms with van der Waals surface area (Å²) in [7, 11) is 0. The van der Waals surface area contributed by atoms with Gasteiger partial charge in [-0.15, -0.1) is 5.10 Å². The molecule has 6 nitrogen and oxygen atoms in total. The lowest BCUT2D eigenvalue weighted by atomic mass is 10.0. The first-order valence-corrected chi connectivity index (χ1v) is 9.12. The number of halogens is 1. The zero-order chi connectivity index (χ0) is 17.3. The molecule has 1 fully saturated rings. The Morgan fingerprint density at radius 3 is 2.92 bits per heavy atom. The molecule has 24 heavy (non-hydrogen) atoms. The summed E-state index contributed by atoms with van der Waals surface area (Å²) in [6.45, 7) is 7.04. The summed E-state index contributed by atoms with van der Waals surface area (Å²) >= 11 is 3.57. The highest BCUT2D eigenvalue weighted by Gasteiger charge is 2.31. The Balaban J connectivity index is 1.82. The van der Waals surface area contributed by atoms with Crippen LogP contribution in [0.1, 0.15) is 40.0 Å². The van der Waals surface area contributed by atoms with E-state index >= 15 is 0 Å². The molecular weight excluding hydrogens is 372 g/mol. The van der Waals surface area contributed by atoms with Gasteiger partial charge in [0.15, 0.2) is 0 Å². The molecule has 0 spiro atoms. The first-order chi connectivity index (χ1) is 11.3. The van der Waals surface area contributed by atoms with Crippen molar-refractivity contribution in [2.24, 2.45) is 0 Å². The highest BCUT2D eigenvalue weighted by atomic mass is 79.9. The monoisotopic (exact) mass is 394 g/mol. The lowest BCUT2D eigenvalue weighted by molar-refractivity contribution is 0.00748. The molecule has 0 radical (unpaired) electrons. The van der Waals surface area contributed by atoms with Crippen LogP contribution >= 0.6 is 15.9 Å². The fraction of sp³-hybridized carbons (Fsp3) is 0.588. The number of benzene rings is 1. The van der Waals surface area contributed by atoms with Gasteiger partial charge in [-0.2, -0.15) is 0 Å². The Morgan fingerprint density at radius 1 is 1.38 bits per heavy atom. The first kappa shape index (κ1) is 17.2. The topological polar surface area (TPSA) is 60.2 Å². The minimum atomic E-state index is -0.484. The van der Waals surface area contributed by atoms with Crippen molar-refractivity contribution in [2.75, 3.05) is 6.54 Å². The van der Waals surface area contributed by atoms with Gasteiger partial charge in [-0.05, 0) is 68.1 Å². The van der Waals surface area contributed by atoms with Crippen LogP contribution < -0.4 is 0 Å². The van der Waals surface area contributed by atoms with Crippen LogP contribution in [0.3, 0.4) is 0 Å². The SMILES string of the molecule is CC(C)(C)OC(=O)N1CCCCC1Cn1nnc2cccc(Br)c21. The summed E-state index contributed by atoms with van der Waals surface area (Å²) in [5, 5.41) is 8.50. The van der Waals surface area contributed by atoms with Crippen LogP contribution in [0.2, 0.25) is 0 Å². The third-order valence-electron chi connectivity index (χ3n) is 4.12. The summed E-state index contributed by atoms with van der Waals surface area (Å²) in [6, 6.07) is 5.94. The van der Waals surface area contributed by atoms with Gasteiger partial charge in [-0.25, -0.2) is 9.48 Å². The van der Waals surface area contributed by atoms with Gasteiger partial charge in [-0.1, -0.05) is 11.3 Å². The van der Waals surface area contributed by atoms with Crippen molar-refractivity contribution in [3.8, 4) is 0 Å². The van der Waals surface area contributed by atoms with E-state index < -0.39 is 5.60 Å². The normalized spacial score (nSPS) is 18.8. The molecule has 1 saturated heterocycles. The molecule has 0 N–H and O–H groups in total. The van der Waals surface area contributed by atoms with Crippen LogP contribution in [0.15, 0.2) is 22.7 Å². The van der Waals surface area contributed by atoms with Crippen LogP contribution in [0.5, 0.6) is 0 Å². The molecular formula is C17H23BrN4O2. The maximum atomic E-state index is 12.5. The van der Waals surface area contributed by atoms with E-state index in [9.17, 15) is 4.79 Å². The number of para-hydroxylation sites is 1. The number of hydrogen-bond acceptors (Lipinski definition) is 4. The number of likely N-dealkylation sites (tertiary alicyclic amines) is 1. The van der Waals surface area contributed by atoms with Crippen LogP contribution in [-0.2, 0) is 11.3 Å². The van der Waals surface area contributed by atoms with E-state index in [1.54, 1.807) is 0 Å². The molecule has 0 saturated carbocycles. The maximum absolute atomic E-state index is 12.5. The fourth-order valence-electron chi connectivity index (χ4n) is 3.07. The zero-order valence-corrected chi connectivity index (χ0v) is 15.9. The van der Waals surface area contributed by atoms with Crippen molar-refractivity contribution in [3.05, 3.63) is 22.7 Å². The Kier molecular flexibility index (Phi) is 4.80. The predicted octanol–water partition coefficient (Wildman–Crippen LogP) is 3.98. The van der Waals surface area contributed by atoms with Gasteiger partial charge in [0, 0.05) is 11.0 Å². The molecule has 1 aromatic carbocycles. The minimum absolute atomic E-state index is 0.0746. The number of piperidine rings is 1. The number of amides is 1. The smallest absolute Gasteiger partial charge is 0.410 e. The van der Waals surface area contributed by atoms with Crippen LogP contribution in [0.25, 0.3) is 11.0 Å². The highest BCUT2D eigenvalue weighted by Crippen LogP contribution is 2.25. The fourth-order valence-corrected chi connectivity index (χ4v) is 3.63. The summed E-state index contributed by atoms with van der Waals surface area (Å²) in [6.07, 6.45) is 2.83. The van der Waals surface area contributed by atoms with Crippen LogP contribution in [0.4, 0.5) is 4.79 Å². The van der Waals surface area contributed by atoms with Gasteiger partial charge in [0.1, 0.15) is 16.6 Å². The van der Waals surface area contributed by atoms with Crippen molar-refractivity contribution in [1.29, 1.82) is 0 Å². The average molecular weight is 395 g/mol. The predicted molar refractivity (Wildman–Crippen MR) is 95.8 cm³/mol. The third kappa shape index (κ3) is 3.71. The van der Waals surface area contributed by atoms with Gasteiger partial charge < -0.3 is 9.64 Å². The number of fused-ring (bicyclic) bond motifs is 1. The van der Waals surface area contributed by atoms with E-state index in [4.69, 9.17) is 4.74 Å². The van der Waals surface area contributed by atoms with Gasteiger partial charge >= 0.3 is 6.09 Å². The van der Waals surface area contributed by atoms with E-state index in [-0.39, 0.29) is 12.1 Å². The molecule has 1 aliphatic rings. The molecule has 1 aliphatic heterocycles. The molecule has 1 amide bonds.